The molecule has 0 saturated carbocycles. The van der Waals surface area contributed by atoms with Crippen molar-refractivity contribution in [3.63, 3.8) is 0 Å². The predicted octanol–water partition coefficient (Wildman–Crippen LogP) is 2.40. The molecule has 6 heteroatoms. The number of carbonyl (C=O) groups excluding carboxylic acids is 1. The van der Waals surface area contributed by atoms with Gasteiger partial charge >= 0.3 is 0 Å². The van der Waals surface area contributed by atoms with Gasteiger partial charge in [-0.25, -0.2) is 9.37 Å². The maximum atomic E-state index is 14.1. The van der Waals surface area contributed by atoms with Gasteiger partial charge in [0.2, 0.25) is 5.88 Å². The number of nitrogens with zero attached hydrogens (tertiary/aromatic N) is 1. The van der Waals surface area contributed by atoms with Gasteiger partial charge in [0.15, 0.2) is 17.3 Å². The largest absolute Gasteiger partial charge is 0.485 e. The third-order valence-electron chi connectivity index (χ3n) is 3.75. The number of Topliss-reactive ketones (excluding diaryl/α,β-unsaturated/α-hetero) is 1. The van der Waals surface area contributed by atoms with E-state index in [1.807, 2.05) is 6.92 Å². The lowest BCUT2D eigenvalue weighted by Gasteiger charge is -2.28. The van der Waals surface area contributed by atoms with Gasteiger partial charge in [-0.15, -0.1) is 0 Å². The summed E-state index contributed by atoms with van der Waals surface area (Å²) in [5.41, 5.74) is 1.07. The topological polar surface area (TPSA) is 60.5 Å². The minimum atomic E-state index is -0.447. The van der Waals surface area contributed by atoms with Gasteiger partial charge in [-0.3, -0.25) is 4.79 Å². The standard InChI is InChI=1S/C18H19FN2O3/c1-2-23-18-6-4-13(9-21-18)16(22)8-12-3-5-17(15(19)7-12)24-14-10-20-11-14/h3-7,9,14,20H,2,8,10-11H2,1H3. The van der Waals surface area contributed by atoms with Crippen LogP contribution < -0.4 is 14.8 Å². The monoisotopic (exact) mass is 330 g/mol. The molecule has 1 aromatic heterocycles. The normalized spacial score (nSPS) is 14.1. The summed E-state index contributed by atoms with van der Waals surface area (Å²) in [4.78, 5) is 16.3. The molecule has 3 rings (SSSR count). The van der Waals surface area contributed by atoms with Gasteiger partial charge in [-0.1, -0.05) is 6.07 Å². The van der Waals surface area contributed by atoms with E-state index in [0.29, 0.717) is 23.6 Å². The Morgan fingerprint density at radius 3 is 2.75 bits per heavy atom. The van der Waals surface area contributed by atoms with Crippen molar-refractivity contribution in [1.29, 1.82) is 0 Å². The fraction of sp³-hybridized carbons (Fsp3) is 0.333. The van der Waals surface area contributed by atoms with Gasteiger partial charge in [0.05, 0.1) is 6.61 Å². The average Bonchev–Trinajstić information content (AvgIpc) is 2.53. The first-order chi connectivity index (χ1) is 11.7. The first kappa shape index (κ1) is 16.4. The molecule has 126 valence electrons. The van der Waals surface area contributed by atoms with Crippen LogP contribution in [-0.4, -0.2) is 36.6 Å². The van der Waals surface area contributed by atoms with Crippen molar-refractivity contribution in [2.24, 2.45) is 0 Å². The summed E-state index contributed by atoms with van der Waals surface area (Å²) >= 11 is 0. The maximum absolute atomic E-state index is 14.1. The summed E-state index contributed by atoms with van der Waals surface area (Å²) in [5, 5.41) is 3.06. The van der Waals surface area contributed by atoms with Gasteiger partial charge in [0, 0.05) is 37.3 Å². The Labute approximate surface area is 139 Å². The van der Waals surface area contributed by atoms with Gasteiger partial charge in [-0.05, 0) is 30.7 Å². The molecule has 1 aromatic carbocycles. The number of aromatic nitrogens is 1. The molecule has 0 aliphatic carbocycles. The fourth-order valence-corrected chi connectivity index (χ4v) is 2.34. The Balaban J connectivity index is 1.64. The number of ketones is 1. The highest BCUT2D eigenvalue weighted by molar-refractivity contribution is 5.97. The molecule has 1 aliphatic rings. The Morgan fingerprint density at radius 1 is 1.33 bits per heavy atom. The van der Waals surface area contributed by atoms with Crippen LogP contribution in [0.25, 0.3) is 0 Å². The number of ether oxygens (including phenoxy) is 2. The van der Waals surface area contributed by atoms with Crippen molar-refractivity contribution >= 4 is 5.78 Å². The van der Waals surface area contributed by atoms with Crippen molar-refractivity contribution in [3.05, 3.63) is 53.5 Å². The summed E-state index contributed by atoms with van der Waals surface area (Å²) in [6, 6.07) is 7.96. The summed E-state index contributed by atoms with van der Waals surface area (Å²) in [6.45, 7) is 3.84. The van der Waals surface area contributed by atoms with E-state index >= 15 is 0 Å². The Morgan fingerprint density at radius 2 is 2.17 bits per heavy atom. The van der Waals surface area contributed by atoms with Crippen LogP contribution in [0.4, 0.5) is 4.39 Å². The quantitative estimate of drug-likeness (QED) is 0.790. The molecule has 0 amide bonds. The number of halogens is 1. The number of benzene rings is 1. The zero-order chi connectivity index (χ0) is 16.9. The molecule has 1 aliphatic heterocycles. The number of carbonyl (C=O) groups is 1. The smallest absolute Gasteiger partial charge is 0.213 e. The third kappa shape index (κ3) is 3.89. The Kier molecular flexibility index (Phi) is 5.05. The molecule has 0 bridgehead atoms. The van der Waals surface area contributed by atoms with Crippen molar-refractivity contribution < 1.29 is 18.7 Å². The summed E-state index contributed by atoms with van der Waals surface area (Å²) in [5.74, 6) is 0.131. The van der Waals surface area contributed by atoms with Crippen LogP contribution in [0.1, 0.15) is 22.8 Å². The molecule has 1 N–H and O–H groups in total. The number of nitrogens with one attached hydrogen (secondary N) is 1. The van der Waals surface area contributed by atoms with E-state index in [0.717, 1.165) is 13.1 Å². The fourth-order valence-electron chi connectivity index (χ4n) is 2.34. The molecule has 2 aromatic rings. The molecule has 1 saturated heterocycles. The molecular weight excluding hydrogens is 311 g/mol. The number of rotatable bonds is 7. The van der Waals surface area contributed by atoms with Crippen molar-refractivity contribution in [2.75, 3.05) is 19.7 Å². The summed E-state index contributed by atoms with van der Waals surface area (Å²) in [7, 11) is 0. The van der Waals surface area contributed by atoms with Crippen LogP contribution in [0, 0.1) is 5.82 Å². The van der Waals surface area contributed by atoms with Crippen LogP contribution in [0.2, 0.25) is 0 Å². The second-order valence-corrected chi connectivity index (χ2v) is 5.58. The van der Waals surface area contributed by atoms with E-state index in [9.17, 15) is 9.18 Å². The number of hydrogen-bond acceptors (Lipinski definition) is 5. The molecule has 0 radical (unpaired) electrons. The molecule has 24 heavy (non-hydrogen) atoms. The molecule has 0 spiro atoms. The van der Waals surface area contributed by atoms with Crippen molar-refractivity contribution in [3.8, 4) is 11.6 Å². The number of hydrogen-bond donors (Lipinski definition) is 1. The Bertz CT molecular complexity index is 715. The molecule has 5 nitrogen and oxygen atoms in total. The highest BCUT2D eigenvalue weighted by atomic mass is 19.1. The van der Waals surface area contributed by atoms with Gasteiger partial charge in [0.25, 0.3) is 0 Å². The van der Waals surface area contributed by atoms with E-state index in [1.54, 1.807) is 24.3 Å². The summed E-state index contributed by atoms with van der Waals surface area (Å²) in [6.07, 6.45) is 1.60. The molecule has 0 atom stereocenters. The first-order valence-electron chi connectivity index (χ1n) is 7.93. The van der Waals surface area contributed by atoms with E-state index in [2.05, 4.69) is 10.3 Å². The SMILES string of the molecule is CCOc1ccc(C(=O)Cc2ccc(OC3CNC3)c(F)c2)cn1. The molecule has 0 unspecified atom stereocenters. The van der Waals surface area contributed by atoms with Gasteiger partial charge in [-0.2, -0.15) is 0 Å². The second-order valence-electron chi connectivity index (χ2n) is 5.58. The maximum Gasteiger partial charge on any atom is 0.213 e. The van der Waals surface area contributed by atoms with E-state index in [-0.39, 0.29) is 24.1 Å². The minimum absolute atomic E-state index is 0.0157. The Hall–Kier alpha value is -2.47. The minimum Gasteiger partial charge on any atom is -0.485 e. The highest BCUT2D eigenvalue weighted by Gasteiger charge is 2.20. The van der Waals surface area contributed by atoms with Gasteiger partial charge < -0.3 is 14.8 Å². The van der Waals surface area contributed by atoms with Crippen LogP contribution in [-0.2, 0) is 6.42 Å². The van der Waals surface area contributed by atoms with Gasteiger partial charge in [0.1, 0.15) is 6.10 Å². The third-order valence-corrected chi connectivity index (χ3v) is 3.75. The van der Waals surface area contributed by atoms with E-state index in [4.69, 9.17) is 9.47 Å². The van der Waals surface area contributed by atoms with Crippen LogP contribution >= 0.6 is 0 Å². The lowest BCUT2D eigenvalue weighted by molar-refractivity contribution is 0.0992. The second kappa shape index (κ2) is 7.40. The number of pyridine rings is 1. The average molecular weight is 330 g/mol. The van der Waals surface area contributed by atoms with Crippen molar-refractivity contribution in [2.45, 2.75) is 19.4 Å². The van der Waals surface area contributed by atoms with E-state index in [1.165, 1.54) is 12.3 Å². The lowest BCUT2D eigenvalue weighted by atomic mass is 10.0. The van der Waals surface area contributed by atoms with Crippen LogP contribution in [0.5, 0.6) is 11.6 Å². The molecule has 1 fully saturated rings. The summed E-state index contributed by atoms with van der Waals surface area (Å²) < 4.78 is 24.8. The van der Waals surface area contributed by atoms with E-state index < -0.39 is 5.82 Å². The zero-order valence-electron chi connectivity index (χ0n) is 13.4. The first-order valence-corrected chi connectivity index (χ1v) is 7.93. The predicted molar refractivity (Wildman–Crippen MR) is 87.1 cm³/mol. The van der Waals surface area contributed by atoms with Crippen LogP contribution in [0.3, 0.4) is 0 Å². The molecule has 2 heterocycles. The zero-order valence-corrected chi connectivity index (χ0v) is 13.4. The van der Waals surface area contributed by atoms with Crippen LogP contribution in [0.15, 0.2) is 36.5 Å². The molecular formula is C18H19FN2O3. The van der Waals surface area contributed by atoms with Crippen molar-refractivity contribution in [1.82, 2.24) is 10.3 Å². The highest BCUT2D eigenvalue weighted by Crippen LogP contribution is 2.21. The lowest BCUT2D eigenvalue weighted by Crippen LogP contribution is -2.50.